The van der Waals surface area contributed by atoms with E-state index in [1.165, 1.54) is 12.1 Å². The highest BCUT2D eigenvalue weighted by Crippen LogP contribution is 2.24. The molecule has 1 atom stereocenters. The van der Waals surface area contributed by atoms with Crippen LogP contribution in [0.15, 0.2) is 84.9 Å². The van der Waals surface area contributed by atoms with Crippen LogP contribution in [0.5, 0.6) is 0 Å². The minimum Gasteiger partial charge on any atom is -0.355 e. The monoisotopic (exact) mass is 444 g/mol. The fraction of sp³-hybridized carbons (Fsp3) is 0.286. The molecule has 0 aliphatic carbocycles. The van der Waals surface area contributed by atoms with Crippen molar-refractivity contribution in [2.45, 2.75) is 25.2 Å². The zero-order valence-corrected chi connectivity index (χ0v) is 18.6. The van der Waals surface area contributed by atoms with Gasteiger partial charge in [-0.3, -0.25) is 9.59 Å². The molecule has 33 heavy (non-hydrogen) atoms. The summed E-state index contributed by atoms with van der Waals surface area (Å²) < 4.78 is 13.4. The Labute approximate surface area is 194 Å². The van der Waals surface area contributed by atoms with Gasteiger partial charge in [0.2, 0.25) is 11.8 Å². The summed E-state index contributed by atoms with van der Waals surface area (Å²) in [5, 5.41) is 3.14. The molecule has 1 saturated heterocycles. The van der Waals surface area contributed by atoms with Crippen molar-refractivity contribution in [1.82, 2.24) is 10.2 Å². The van der Waals surface area contributed by atoms with E-state index in [0.717, 1.165) is 16.7 Å². The van der Waals surface area contributed by atoms with Crippen LogP contribution in [-0.2, 0) is 16.0 Å². The van der Waals surface area contributed by atoms with E-state index in [4.69, 9.17) is 0 Å². The highest BCUT2D eigenvalue weighted by atomic mass is 19.1. The van der Waals surface area contributed by atoms with Crippen LogP contribution in [0.2, 0.25) is 0 Å². The van der Waals surface area contributed by atoms with Crippen LogP contribution < -0.4 is 5.32 Å². The molecular formula is C28H29FN2O2. The topological polar surface area (TPSA) is 49.4 Å². The number of rotatable bonds is 8. The lowest BCUT2D eigenvalue weighted by Gasteiger charge is -2.32. The molecule has 1 N–H and O–H groups in total. The maximum Gasteiger partial charge on any atom is 0.224 e. The number of carbonyl (C=O) groups is 2. The van der Waals surface area contributed by atoms with Crippen molar-refractivity contribution in [1.29, 1.82) is 0 Å². The van der Waals surface area contributed by atoms with Gasteiger partial charge in [-0.05, 0) is 41.7 Å². The Morgan fingerprint density at radius 3 is 2.27 bits per heavy atom. The molecule has 1 aliphatic heterocycles. The molecule has 1 aliphatic rings. The number of nitrogens with zero attached hydrogens (tertiary/aromatic N) is 1. The highest BCUT2D eigenvalue weighted by Gasteiger charge is 2.30. The molecule has 3 aromatic rings. The van der Waals surface area contributed by atoms with E-state index in [2.05, 4.69) is 29.6 Å². The Morgan fingerprint density at radius 1 is 0.970 bits per heavy atom. The first-order valence-corrected chi connectivity index (χ1v) is 11.5. The summed E-state index contributed by atoms with van der Waals surface area (Å²) in [5.41, 5.74) is 3.15. The standard InChI is InChI=1S/C28H29FN2O2/c29-25-13-7-8-21(18-25)16-17-31-20-24(14-15-27(31)32)28(33)30-19-26(22-9-3-1-4-10-22)23-11-5-2-6-12-23/h1-13,18,24,26H,14-17,19-20H2,(H,30,33)/t24-/m0/s1. The molecule has 0 radical (unpaired) electrons. The van der Waals surface area contributed by atoms with Gasteiger partial charge in [-0.1, -0.05) is 72.8 Å². The lowest BCUT2D eigenvalue weighted by atomic mass is 9.90. The van der Waals surface area contributed by atoms with Crippen LogP contribution in [-0.4, -0.2) is 36.3 Å². The van der Waals surface area contributed by atoms with Crippen LogP contribution in [0.25, 0.3) is 0 Å². The Balaban J connectivity index is 1.37. The van der Waals surface area contributed by atoms with Crippen molar-refractivity contribution in [3.63, 3.8) is 0 Å². The molecule has 3 aromatic carbocycles. The molecule has 0 aromatic heterocycles. The zero-order chi connectivity index (χ0) is 23.0. The predicted octanol–water partition coefficient (Wildman–Crippen LogP) is 4.56. The number of hydrogen-bond acceptors (Lipinski definition) is 2. The van der Waals surface area contributed by atoms with Gasteiger partial charge < -0.3 is 10.2 Å². The summed E-state index contributed by atoms with van der Waals surface area (Å²) in [6.45, 7) is 1.39. The van der Waals surface area contributed by atoms with E-state index in [1.807, 2.05) is 42.5 Å². The van der Waals surface area contributed by atoms with Gasteiger partial charge in [0, 0.05) is 32.0 Å². The Kier molecular flexibility index (Phi) is 7.51. The summed E-state index contributed by atoms with van der Waals surface area (Å²) >= 11 is 0. The van der Waals surface area contributed by atoms with Crippen LogP contribution in [0.1, 0.15) is 35.4 Å². The maximum absolute atomic E-state index is 13.4. The molecule has 0 saturated carbocycles. The maximum atomic E-state index is 13.4. The molecule has 0 unspecified atom stereocenters. The molecule has 170 valence electrons. The summed E-state index contributed by atoms with van der Waals surface area (Å²) in [6.07, 6.45) is 1.49. The normalized spacial score (nSPS) is 16.1. The van der Waals surface area contributed by atoms with Gasteiger partial charge in [0.25, 0.3) is 0 Å². The van der Waals surface area contributed by atoms with Gasteiger partial charge in [-0.15, -0.1) is 0 Å². The number of nitrogens with one attached hydrogen (secondary N) is 1. The van der Waals surface area contributed by atoms with E-state index in [9.17, 15) is 14.0 Å². The van der Waals surface area contributed by atoms with Crippen molar-refractivity contribution < 1.29 is 14.0 Å². The van der Waals surface area contributed by atoms with E-state index in [-0.39, 0.29) is 29.5 Å². The number of benzene rings is 3. The fourth-order valence-electron chi connectivity index (χ4n) is 4.45. The van der Waals surface area contributed by atoms with Gasteiger partial charge in [0.1, 0.15) is 5.82 Å². The second-order valence-electron chi connectivity index (χ2n) is 8.57. The van der Waals surface area contributed by atoms with Gasteiger partial charge >= 0.3 is 0 Å². The molecular weight excluding hydrogens is 415 g/mol. The van der Waals surface area contributed by atoms with Gasteiger partial charge in [-0.25, -0.2) is 4.39 Å². The predicted molar refractivity (Wildman–Crippen MR) is 127 cm³/mol. The van der Waals surface area contributed by atoms with Crippen molar-refractivity contribution in [3.8, 4) is 0 Å². The van der Waals surface area contributed by atoms with Crippen molar-refractivity contribution in [3.05, 3.63) is 107 Å². The minimum absolute atomic E-state index is 0.0184. The number of hydrogen-bond donors (Lipinski definition) is 1. The minimum atomic E-state index is -0.277. The van der Waals surface area contributed by atoms with E-state index < -0.39 is 0 Å². The molecule has 4 rings (SSSR count). The van der Waals surface area contributed by atoms with Crippen molar-refractivity contribution in [2.24, 2.45) is 5.92 Å². The van der Waals surface area contributed by atoms with Crippen LogP contribution in [0.3, 0.4) is 0 Å². The number of halogens is 1. The first kappa shape index (κ1) is 22.7. The average Bonchev–Trinajstić information content (AvgIpc) is 2.85. The molecule has 0 bridgehead atoms. The van der Waals surface area contributed by atoms with Crippen molar-refractivity contribution >= 4 is 11.8 Å². The quantitative estimate of drug-likeness (QED) is 0.554. The van der Waals surface area contributed by atoms with E-state index in [1.54, 1.807) is 11.0 Å². The first-order chi connectivity index (χ1) is 16.1. The second-order valence-corrected chi connectivity index (χ2v) is 8.57. The first-order valence-electron chi connectivity index (χ1n) is 11.5. The molecule has 4 nitrogen and oxygen atoms in total. The van der Waals surface area contributed by atoms with Gasteiger partial charge in [-0.2, -0.15) is 0 Å². The summed E-state index contributed by atoms with van der Waals surface area (Å²) in [4.78, 5) is 27.2. The Morgan fingerprint density at radius 2 is 1.64 bits per heavy atom. The Hall–Kier alpha value is -3.47. The second kappa shape index (κ2) is 10.9. The molecule has 1 fully saturated rings. The third kappa shape index (κ3) is 6.07. The van der Waals surface area contributed by atoms with Gasteiger partial charge in [0.05, 0.1) is 5.92 Å². The van der Waals surface area contributed by atoms with Crippen LogP contribution in [0, 0.1) is 11.7 Å². The fourth-order valence-corrected chi connectivity index (χ4v) is 4.45. The van der Waals surface area contributed by atoms with Crippen molar-refractivity contribution in [2.75, 3.05) is 19.6 Å². The number of amides is 2. The summed E-state index contributed by atoms with van der Waals surface area (Å²) in [6, 6.07) is 26.8. The Bertz CT molecular complexity index is 1030. The number of piperidine rings is 1. The lowest BCUT2D eigenvalue weighted by molar-refractivity contribution is -0.138. The molecule has 2 amide bonds. The molecule has 5 heteroatoms. The zero-order valence-electron chi connectivity index (χ0n) is 18.6. The van der Waals surface area contributed by atoms with E-state index in [0.29, 0.717) is 38.9 Å². The van der Waals surface area contributed by atoms with Crippen LogP contribution in [0.4, 0.5) is 4.39 Å². The van der Waals surface area contributed by atoms with Gasteiger partial charge in [0.15, 0.2) is 0 Å². The lowest BCUT2D eigenvalue weighted by Crippen LogP contribution is -2.47. The molecule has 1 heterocycles. The third-order valence-corrected chi connectivity index (χ3v) is 6.31. The third-order valence-electron chi connectivity index (χ3n) is 6.31. The average molecular weight is 445 g/mol. The largest absolute Gasteiger partial charge is 0.355 e. The summed E-state index contributed by atoms with van der Waals surface area (Å²) in [5.74, 6) is -0.411. The number of carbonyl (C=O) groups excluding carboxylic acids is 2. The summed E-state index contributed by atoms with van der Waals surface area (Å²) in [7, 11) is 0. The van der Waals surface area contributed by atoms with E-state index >= 15 is 0 Å². The van der Waals surface area contributed by atoms with Crippen LogP contribution >= 0.6 is 0 Å². The number of likely N-dealkylation sites (tertiary alicyclic amines) is 1. The SMILES string of the molecule is O=C(NCC(c1ccccc1)c1ccccc1)[C@H]1CCC(=O)N(CCc2cccc(F)c2)C1. The highest BCUT2D eigenvalue weighted by molar-refractivity contribution is 5.83. The smallest absolute Gasteiger partial charge is 0.224 e. The molecule has 0 spiro atoms.